The summed E-state index contributed by atoms with van der Waals surface area (Å²) in [6.07, 6.45) is 5.92. The molecule has 2 aliphatic rings. The van der Waals surface area contributed by atoms with E-state index < -0.39 is 0 Å². The average molecular weight is 358 g/mol. The van der Waals surface area contributed by atoms with Crippen LogP contribution < -0.4 is 10.1 Å². The third-order valence-corrected chi connectivity index (χ3v) is 5.00. The van der Waals surface area contributed by atoms with Gasteiger partial charge in [-0.25, -0.2) is 0 Å². The number of rotatable bonds is 7. The van der Waals surface area contributed by atoms with Gasteiger partial charge in [0.2, 0.25) is 5.91 Å². The number of ether oxygens (including phenoxy) is 1. The molecule has 2 fully saturated rings. The van der Waals surface area contributed by atoms with Crippen LogP contribution in [0.4, 0.5) is 0 Å². The van der Waals surface area contributed by atoms with Crippen LogP contribution in [0.25, 0.3) is 0 Å². The van der Waals surface area contributed by atoms with Crippen molar-refractivity contribution in [1.82, 2.24) is 10.2 Å². The number of amides is 2. The molecule has 1 saturated heterocycles. The van der Waals surface area contributed by atoms with Gasteiger partial charge in [0.05, 0.1) is 6.10 Å². The average Bonchev–Trinajstić information content (AvgIpc) is 3.44. The number of likely N-dealkylation sites (tertiary alicyclic amines) is 1. The van der Waals surface area contributed by atoms with Crippen LogP contribution in [0.1, 0.15) is 62.7 Å². The van der Waals surface area contributed by atoms with Crippen LogP contribution in [-0.4, -0.2) is 41.9 Å². The summed E-state index contributed by atoms with van der Waals surface area (Å²) < 4.78 is 5.63. The second-order valence-corrected chi connectivity index (χ2v) is 7.83. The van der Waals surface area contributed by atoms with Gasteiger partial charge in [0, 0.05) is 31.1 Å². The highest BCUT2D eigenvalue weighted by Gasteiger charge is 2.26. The molecule has 0 radical (unpaired) electrons. The van der Waals surface area contributed by atoms with Crippen molar-refractivity contribution in [1.29, 1.82) is 0 Å². The minimum Gasteiger partial charge on any atom is -0.491 e. The lowest BCUT2D eigenvalue weighted by Crippen LogP contribution is -2.40. The van der Waals surface area contributed by atoms with Gasteiger partial charge in [-0.3, -0.25) is 9.59 Å². The molecule has 1 aromatic rings. The minimum absolute atomic E-state index is 0.0771. The zero-order valence-corrected chi connectivity index (χ0v) is 15.9. The summed E-state index contributed by atoms with van der Waals surface area (Å²) in [7, 11) is 0. The van der Waals surface area contributed by atoms with E-state index in [-0.39, 0.29) is 17.9 Å². The van der Waals surface area contributed by atoms with Crippen molar-refractivity contribution in [2.24, 2.45) is 5.92 Å². The Kier molecular flexibility index (Phi) is 6.17. The van der Waals surface area contributed by atoms with E-state index in [1.54, 1.807) is 0 Å². The zero-order chi connectivity index (χ0) is 18.5. The van der Waals surface area contributed by atoms with E-state index >= 15 is 0 Å². The van der Waals surface area contributed by atoms with E-state index in [1.807, 2.05) is 43.0 Å². The van der Waals surface area contributed by atoms with Crippen LogP contribution in [-0.2, 0) is 4.79 Å². The molecule has 1 N–H and O–H groups in total. The summed E-state index contributed by atoms with van der Waals surface area (Å²) in [6.45, 7) is 5.52. The quantitative estimate of drug-likeness (QED) is 0.813. The summed E-state index contributed by atoms with van der Waals surface area (Å²) in [5.74, 6) is 1.45. The Labute approximate surface area is 156 Å². The molecule has 1 aliphatic carbocycles. The largest absolute Gasteiger partial charge is 0.491 e. The Morgan fingerprint density at radius 2 is 1.92 bits per heavy atom. The fraction of sp³-hybridized carbons (Fsp3) is 0.619. The standard InChI is InChI=1S/C21H30N2O3/c1-15(2)26-19-10-6-17(7-11-19)21(25)23-13-3-4-16(14-23)5-12-20(24)22-18-8-9-18/h6-7,10-11,15-16,18H,3-5,8-9,12-14H2,1-2H3,(H,22,24)/t16-/m1/s1. The number of hydrogen-bond donors (Lipinski definition) is 1. The molecule has 3 rings (SSSR count). The topological polar surface area (TPSA) is 58.6 Å². The third kappa shape index (κ3) is 5.48. The lowest BCUT2D eigenvalue weighted by Gasteiger charge is -2.33. The highest BCUT2D eigenvalue weighted by Crippen LogP contribution is 2.24. The molecule has 1 heterocycles. The number of piperidine rings is 1. The van der Waals surface area contributed by atoms with Crippen molar-refractivity contribution in [3.05, 3.63) is 29.8 Å². The van der Waals surface area contributed by atoms with Crippen molar-refractivity contribution < 1.29 is 14.3 Å². The predicted octanol–water partition coefficient (Wildman–Crippen LogP) is 3.38. The lowest BCUT2D eigenvalue weighted by atomic mass is 9.92. The van der Waals surface area contributed by atoms with Crippen LogP contribution >= 0.6 is 0 Å². The molecule has 1 atom stereocenters. The van der Waals surface area contributed by atoms with Crippen molar-refractivity contribution in [2.45, 2.75) is 64.5 Å². The molecule has 1 aromatic carbocycles. The molecule has 0 aromatic heterocycles. The van der Waals surface area contributed by atoms with Crippen LogP contribution in [0.5, 0.6) is 5.75 Å². The van der Waals surface area contributed by atoms with Gasteiger partial charge < -0.3 is 15.0 Å². The summed E-state index contributed by atoms with van der Waals surface area (Å²) in [6, 6.07) is 7.82. The number of carbonyl (C=O) groups is 2. The number of hydrogen-bond acceptors (Lipinski definition) is 3. The van der Waals surface area contributed by atoms with Crippen LogP contribution in [0.15, 0.2) is 24.3 Å². The van der Waals surface area contributed by atoms with Crippen LogP contribution in [0, 0.1) is 5.92 Å². The van der Waals surface area contributed by atoms with Gasteiger partial charge in [-0.1, -0.05) is 0 Å². The summed E-state index contributed by atoms with van der Waals surface area (Å²) in [5, 5.41) is 3.04. The molecular formula is C21H30N2O3. The van der Waals surface area contributed by atoms with Gasteiger partial charge in [-0.2, -0.15) is 0 Å². The van der Waals surface area contributed by atoms with E-state index in [9.17, 15) is 9.59 Å². The van der Waals surface area contributed by atoms with Crippen LogP contribution in [0.3, 0.4) is 0 Å². The first-order valence-electron chi connectivity index (χ1n) is 9.86. The predicted molar refractivity (Wildman–Crippen MR) is 101 cm³/mol. The first-order valence-corrected chi connectivity index (χ1v) is 9.86. The van der Waals surface area contributed by atoms with E-state index in [0.29, 0.717) is 23.9 Å². The molecule has 1 aliphatic heterocycles. The Balaban J connectivity index is 1.49. The molecular weight excluding hydrogens is 328 g/mol. The number of nitrogens with zero attached hydrogens (tertiary/aromatic N) is 1. The Hall–Kier alpha value is -2.04. The van der Waals surface area contributed by atoms with E-state index in [2.05, 4.69) is 5.32 Å². The van der Waals surface area contributed by atoms with E-state index in [1.165, 1.54) is 0 Å². The maximum Gasteiger partial charge on any atom is 0.253 e. The number of nitrogens with one attached hydrogen (secondary N) is 1. The van der Waals surface area contributed by atoms with Gasteiger partial charge in [0.25, 0.3) is 5.91 Å². The molecule has 5 nitrogen and oxygen atoms in total. The van der Waals surface area contributed by atoms with E-state index in [0.717, 1.165) is 50.9 Å². The number of carbonyl (C=O) groups excluding carboxylic acids is 2. The highest BCUT2D eigenvalue weighted by atomic mass is 16.5. The summed E-state index contributed by atoms with van der Waals surface area (Å²) in [5.41, 5.74) is 0.702. The normalized spacial score (nSPS) is 20.1. The van der Waals surface area contributed by atoms with Gasteiger partial charge >= 0.3 is 0 Å². The molecule has 1 saturated carbocycles. The van der Waals surface area contributed by atoms with Crippen molar-refractivity contribution >= 4 is 11.8 Å². The van der Waals surface area contributed by atoms with Crippen molar-refractivity contribution in [3.63, 3.8) is 0 Å². The Bertz CT molecular complexity index is 623. The third-order valence-electron chi connectivity index (χ3n) is 5.00. The van der Waals surface area contributed by atoms with Gasteiger partial charge in [0.15, 0.2) is 0 Å². The molecule has 0 unspecified atom stereocenters. The minimum atomic E-state index is 0.0771. The monoisotopic (exact) mass is 358 g/mol. The first kappa shape index (κ1) is 18.7. The lowest BCUT2D eigenvalue weighted by molar-refractivity contribution is -0.121. The van der Waals surface area contributed by atoms with Crippen molar-refractivity contribution in [3.8, 4) is 5.75 Å². The summed E-state index contributed by atoms with van der Waals surface area (Å²) >= 11 is 0. The molecule has 5 heteroatoms. The SMILES string of the molecule is CC(C)Oc1ccc(C(=O)N2CCC[C@H](CCC(=O)NC3CC3)C2)cc1. The fourth-order valence-corrected chi connectivity index (χ4v) is 3.48. The molecule has 2 amide bonds. The zero-order valence-electron chi connectivity index (χ0n) is 15.9. The maximum absolute atomic E-state index is 12.8. The second kappa shape index (κ2) is 8.56. The Morgan fingerprint density at radius 1 is 1.19 bits per heavy atom. The molecule has 0 bridgehead atoms. The molecule has 26 heavy (non-hydrogen) atoms. The first-order chi connectivity index (χ1) is 12.5. The van der Waals surface area contributed by atoms with Gasteiger partial charge in [-0.15, -0.1) is 0 Å². The highest BCUT2D eigenvalue weighted by molar-refractivity contribution is 5.94. The van der Waals surface area contributed by atoms with Crippen molar-refractivity contribution in [2.75, 3.05) is 13.1 Å². The Morgan fingerprint density at radius 3 is 2.58 bits per heavy atom. The summed E-state index contributed by atoms with van der Waals surface area (Å²) in [4.78, 5) is 26.6. The molecule has 142 valence electrons. The van der Waals surface area contributed by atoms with Crippen LogP contribution in [0.2, 0.25) is 0 Å². The van der Waals surface area contributed by atoms with E-state index in [4.69, 9.17) is 4.74 Å². The fourth-order valence-electron chi connectivity index (χ4n) is 3.48. The smallest absolute Gasteiger partial charge is 0.253 e. The second-order valence-electron chi connectivity index (χ2n) is 7.83. The van der Waals surface area contributed by atoms with Gasteiger partial charge in [0.1, 0.15) is 5.75 Å². The molecule has 0 spiro atoms. The number of benzene rings is 1. The van der Waals surface area contributed by atoms with Gasteiger partial charge in [-0.05, 0) is 76.1 Å². The maximum atomic E-state index is 12.8.